The normalized spacial score (nSPS) is 31.8. The van der Waals surface area contributed by atoms with Gasteiger partial charge in [0.2, 0.25) is 0 Å². The van der Waals surface area contributed by atoms with Gasteiger partial charge < -0.3 is 0 Å². The van der Waals surface area contributed by atoms with E-state index in [9.17, 15) is 0 Å². The van der Waals surface area contributed by atoms with Crippen molar-refractivity contribution < 1.29 is 0 Å². The lowest BCUT2D eigenvalue weighted by Gasteiger charge is -2.30. The molecule has 1 saturated carbocycles. The Bertz CT molecular complexity index is 323. The predicted molar refractivity (Wildman–Crippen MR) is 71.9 cm³/mol. The summed E-state index contributed by atoms with van der Waals surface area (Å²) < 4.78 is 1.21. The average Bonchev–Trinajstić information content (AvgIpc) is 2.58. The Kier molecular flexibility index (Phi) is 4.14. The van der Waals surface area contributed by atoms with Crippen LogP contribution in [-0.2, 0) is 6.42 Å². The molecule has 1 aliphatic carbocycles. The van der Waals surface area contributed by atoms with Crippen LogP contribution in [0.1, 0.15) is 31.1 Å². The van der Waals surface area contributed by atoms with Crippen molar-refractivity contribution in [2.45, 2.75) is 38.0 Å². The molecule has 0 radical (unpaired) electrons. The molecule has 0 aliphatic heterocycles. The minimum absolute atomic E-state index is 0.391. The Morgan fingerprint density at radius 2 is 2.33 bits per heavy atom. The van der Waals surface area contributed by atoms with Crippen molar-refractivity contribution in [2.75, 3.05) is 0 Å². The fraction of sp³-hybridized carbons (Fsp3) is 0.667. The zero-order valence-corrected chi connectivity index (χ0v) is 12.0. The second-order valence-electron chi connectivity index (χ2n) is 4.63. The van der Waals surface area contributed by atoms with Crippen LogP contribution in [0.2, 0.25) is 0 Å². The monoisotopic (exact) mass is 306 g/mol. The Labute approximate surface area is 109 Å². The van der Waals surface area contributed by atoms with Gasteiger partial charge in [-0.1, -0.05) is 6.92 Å². The highest BCUT2D eigenvalue weighted by Gasteiger charge is 2.27. The van der Waals surface area contributed by atoms with Crippen LogP contribution in [0.3, 0.4) is 0 Å². The van der Waals surface area contributed by atoms with Gasteiger partial charge in [-0.2, -0.15) is 0 Å². The lowest BCUT2D eigenvalue weighted by atomic mass is 9.80. The Hall–Kier alpha value is 0.470. The maximum Gasteiger partial charge on any atom is 0.0367 e. The number of thiophene rings is 1. The zero-order valence-electron chi connectivity index (χ0n) is 8.88. The summed E-state index contributed by atoms with van der Waals surface area (Å²) in [4.78, 5) is 1.46. The third kappa shape index (κ3) is 3.21. The van der Waals surface area contributed by atoms with Crippen LogP contribution in [0.15, 0.2) is 15.9 Å². The van der Waals surface area contributed by atoms with Crippen molar-refractivity contribution in [3.05, 3.63) is 20.8 Å². The van der Waals surface area contributed by atoms with Crippen molar-refractivity contribution in [3.8, 4) is 0 Å². The van der Waals surface area contributed by atoms with Crippen molar-refractivity contribution in [1.82, 2.24) is 0 Å². The first-order valence-corrected chi connectivity index (χ1v) is 7.63. The molecule has 1 aliphatic rings. The van der Waals surface area contributed by atoms with Crippen LogP contribution >= 0.6 is 38.9 Å². The fourth-order valence-electron chi connectivity index (χ4n) is 2.39. The van der Waals surface area contributed by atoms with Crippen molar-refractivity contribution in [3.63, 3.8) is 0 Å². The van der Waals surface area contributed by atoms with Gasteiger partial charge in [0, 0.05) is 20.1 Å². The first-order chi connectivity index (χ1) is 7.15. The van der Waals surface area contributed by atoms with Crippen LogP contribution in [-0.4, -0.2) is 5.38 Å². The van der Waals surface area contributed by atoms with E-state index in [0.717, 1.165) is 12.3 Å². The number of hydrogen-bond donors (Lipinski definition) is 0. The molecule has 1 aromatic rings. The van der Waals surface area contributed by atoms with Crippen molar-refractivity contribution in [2.24, 2.45) is 11.8 Å². The van der Waals surface area contributed by atoms with Crippen LogP contribution < -0.4 is 0 Å². The van der Waals surface area contributed by atoms with Crippen LogP contribution in [0.5, 0.6) is 0 Å². The molecule has 3 unspecified atom stereocenters. The highest BCUT2D eigenvalue weighted by molar-refractivity contribution is 9.10. The molecule has 0 spiro atoms. The molecule has 1 fully saturated rings. The Morgan fingerprint density at radius 3 is 3.00 bits per heavy atom. The Morgan fingerprint density at radius 1 is 1.53 bits per heavy atom. The summed E-state index contributed by atoms with van der Waals surface area (Å²) >= 11 is 11.7. The van der Waals surface area contributed by atoms with E-state index in [1.54, 1.807) is 0 Å². The molecule has 0 bridgehead atoms. The predicted octanol–water partition coefficient (Wildman–Crippen LogP) is 5.10. The van der Waals surface area contributed by atoms with Gasteiger partial charge in [-0.25, -0.2) is 0 Å². The lowest BCUT2D eigenvalue weighted by molar-refractivity contribution is 0.288. The molecule has 3 heteroatoms. The minimum atomic E-state index is 0.391. The molecule has 1 aromatic heterocycles. The molecule has 1 heterocycles. The smallest absolute Gasteiger partial charge is 0.0367 e. The third-order valence-corrected chi connectivity index (χ3v) is 5.53. The molecule has 0 aromatic carbocycles. The van der Waals surface area contributed by atoms with E-state index in [1.807, 2.05) is 11.3 Å². The van der Waals surface area contributed by atoms with Gasteiger partial charge in [0.25, 0.3) is 0 Å². The zero-order chi connectivity index (χ0) is 10.8. The second-order valence-corrected chi connectivity index (χ2v) is 7.10. The second kappa shape index (κ2) is 5.20. The van der Waals surface area contributed by atoms with E-state index >= 15 is 0 Å². The largest absolute Gasteiger partial charge is 0.148 e. The van der Waals surface area contributed by atoms with Crippen LogP contribution in [0, 0.1) is 11.8 Å². The summed E-state index contributed by atoms with van der Waals surface area (Å²) in [5.74, 6) is 1.54. The van der Waals surface area contributed by atoms with Crippen LogP contribution in [0.25, 0.3) is 0 Å². The lowest BCUT2D eigenvalue weighted by Crippen LogP contribution is -2.25. The van der Waals surface area contributed by atoms with E-state index in [1.165, 1.54) is 28.6 Å². The number of alkyl halides is 1. The van der Waals surface area contributed by atoms with Gasteiger partial charge in [0.05, 0.1) is 0 Å². The molecule has 3 atom stereocenters. The molecule has 84 valence electrons. The number of rotatable bonds is 2. The molecule has 15 heavy (non-hydrogen) atoms. The Balaban J connectivity index is 1.98. The summed E-state index contributed by atoms with van der Waals surface area (Å²) in [6.07, 6.45) is 4.96. The third-order valence-electron chi connectivity index (χ3n) is 3.24. The first-order valence-electron chi connectivity index (χ1n) is 5.52. The van der Waals surface area contributed by atoms with Crippen LogP contribution in [0.4, 0.5) is 0 Å². The standard InChI is InChI=1S/C12H16BrClS/c1-8-2-3-12(14)9(4-8)5-11-6-10(13)7-15-11/h6-9,12H,2-5H2,1H3. The first kappa shape index (κ1) is 11.9. The maximum absolute atomic E-state index is 6.40. The van der Waals surface area contributed by atoms with Gasteiger partial charge in [0.1, 0.15) is 0 Å². The summed E-state index contributed by atoms with van der Waals surface area (Å²) in [5, 5.41) is 2.55. The van der Waals surface area contributed by atoms with Gasteiger partial charge >= 0.3 is 0 Å². The van der Waals surface area contributed by atoms with E-state index in [4.69, 9.17) is 11.6 Å². The van der Waals surface area contributed by atoms with E-state index in [0.29, 0.717) is 11.3 Å². The molecule has 0 saturated heterocycles. The number of halogens is 2. The summed E-state index contributed by atoms with van der Waals surface area (Å²) in [7, 11) is 0. The fourth-order valence-corrected chi connectivity index (χ4v) is 4.26. The molecule has 2 rings (SSSR count). The van der Waals surface area contributed by atoms with E-state index in [-0.39, 0.29) is 0 Å². The highest BCUT2D eigenvalue weighted by atomic mass is 79.9. The molecule has 0 amide bonds. The summed E-state index contributed by atoms with van der Waals surface area (Å²) in [5.41, 5.74) is 0. The highest BCUT2D eigenvalue weighted by Crippen LogP contribution is 2.36. The van der Waals surface area contributed by atoms with Gasteiger partial charge in [-0.3, -0.25) is 0 Å². The van der Waals surface area contributed by atoms with Crippen molar-refractivity contribution in [1.29, 1.82) is 0 Å². The minimum Gasteiger partial charge on any atom is -0.148 e. The maximum atomic E-state index is 6.40. The molecular weight excluding hydrogens is 292 g/mol. The van der Waals surface area contributed by atoms with E-state index in [2.05, 4.69) is 34.3 Å². The van der Waals surface area contributed by atoms with Gasteiger partial charge in [-0.15, -0.1) is 22.9 Å². The van der Waals surface area contributed by atoms with Crippen molar-refractivity contribution >= 4 is 38.9 Å². The van der Waals surface area contributed by atoms with E-state index < -0.39 is 0 Å². The van der Waals surface area contributed by atoms with Gasteiger partial charge in [0.15, 0.2) is 0 Å². The summed E-state index contributed by atoms with van der Waals surface area (Å²) in [6.45, 7) is 2.35. The molecule has 0 nitrogen and oxygen atoms in total. The topological polar surface area (TPSA) is 0 Å². The average molecular weight is 308 g/mol. The van der Waals surface area contributed by atoms with Gasteiger partial charge in [-0.05, 0) is 59.5 Å². The SMILES string of the molecule is CC1CCC(Cl)C(Cc2cc(Br)cs2)C1. The molecular formula is C12H16BrClS. The summed E-state index contributed by atoms with van der Waals surface area (Å²) in [6, 6.07) is 2.23. The molecule has 0 N–H and O–H groups in total. The quantitative estimate of drug-likeness (QED) is 0.667. The number of hydrogen-bond acceptors (Lipinski definition) is 1.